The molecule has 3 aromatic rings. The second-order valence-electron chi connectivity index (χ2n) is 11.9. The monoisotopic (exact) mass is 664 g/mol. The molecule has 1 fully saturated rings. The minimum atomic E-state index is -4.23. The summed E-state index contributed by atoms with van der Waals surface area (Å²) in [6.45, 7) is 16.6. The lowest BCUT2D eigenvalue weighted by Crippen LogP contribution is -2.34. The molecule has 0 aliphatic heterocycles. The Bertz CT molecular complexity index is 1730. The van der Waals surface area contributed by atoms with Crippen molar-refractivity contribution in [2.75, 3.05) is 19.8 Å². The summed E-state index contributed by atoms with van der Waals surface area (Å²) in [7, 11) is -4.23. The Morgan fingerprint density at radius 2 is 1.66 bits per heavy atom. The lowest BCUT2D eigenvalue weighted by atomic mass is 9.61. The maximum atomic E-state index is 13.0. The first-order valence-electron chi connectivity index (χ1n) is 15.3. The number of carbonyl (C=O) groups excluding carboxylic acids is 2. The van der Waals surface area contributed by atoms with E-state index in [1.54, 1.807) is 18.2 Å². The van der Waals surface area contributed by atoms with E-state index in [0.29, 0.717) is 12.8 Å². The van der Waals surface area contributed by atoms with Crippen molar-refractivity contribution in [3.05, 3.63) is 108 Å². The van der Waals surface area contributed by atoms with Crippen LogP contribution in [0.1, 0.15) is 66.7 Å². The second-order valence-corrected chi connectivity index (χ2v) is 13.8. The lowest BCUT2D eigenvalue weighted by Gasteiger charge is -2.43. The van der Waals surface area contributed by atoms with Crippen LogP contribution < -0.4 is 9.64 Å². The molecule has 11 nitrogen and oxygen atoms in total. The maximum absolute atomic E-state index is 13.0. The van der Waals surface area contributed by atoms with Gasteiger partial charge in [-0.15, -0.1) is 6.58 Å². The van der Waals surface area contributed by atoms with Crippen LogP contribution in [0.15, 0.2) is 106 Å². The zero-order valence-corrected chi connectivity index (χ0v) is 27.5. The highest BCUT2D eigenvalue weighted by atomic mass is 32.2. The summed E-state index contributed by atoms with van der Waals surface area (Å²) in [6, 6.07) is 13.6. The van der Waals surface area contributed by atoms with Crippen LogP contribution in [-0.4, -0.2) is 45.3 Å². The minimum absolute atomic E-state index is 0.00683. The number of hydrogen-bond donors (Lipinski definition) is 0. The van der Waals surface area contributed by atoms with Crippen molar-refractivity contribution in [2.45, 2.75) is 55.9 Å². The van der Waals surface area contributed by atoms with Crippen LogP contribution in [0, 0.1) is 22.5 Å². The van der Waals surface area contributed by atoms with E-state index in [9.17, 15) is 23.2 Å². The molecular formula is C35H40N2O9S. The van der Waals surface area contributed by atoms with Crippen LogP contribution in [0.25, 0.3) is 0 Å². The lowest BCUT2D eigenvalue weighted by molar-refractivity contribution is -0.832. The molecule has 1 heterocycles. The van der Waals surface area contributed by atoms with Gasteiger partial charge in [0.25, 0.3) is 9.84 Å². The third-order valence-corrected chi connectivity index (χ3v) is 10.3. The van der Waals surface area contributed by atoms with Crippen LogP contribution in [0.2, 0.25) is 0 Å². The van der Waals surface area contributed by atoms with Gasteiger partial charge in [0.05, 0.1) is 34.4 Å². The minimum Gasteiger partial charge on any atom is -0.462 e. The fraction of sp³-hybridized carbons (Fsp3) is 0.371. The van der Waals surface area contributed by atoms with Gasteiger partial charge in [-0.1, -0.05) is 62.1 Å². The number of unbranched alkanes of at least 4 members (excludes halogenated alkanes) is 1. The molecule has 47 heavy (non-hydrogen) atoms. The summed E-state index contributed by atoms with van der Waals surface area (Å²) in [5.41, 5.74) is 2.04. The predicted molar refractivity (Wildman–Crippen MR) is 172 cm³/mol. The van der Waals surface area contributed by atoms with Gasteiger partial charge in [-0.05, 0) is 91.0 Å². The molecule has 4 rings (SSSR count). The summed E-state index contributed by atoms with van der Waals surface area (Å²) in [6.07, 6.45) is 5.37. The van der Waals surface area contributed by atoms with Crippen molar-refractivity contribution in [3.63, 3.8) is 0 Å². The van der Waals surface area contributed by atoms with E-state index in [-0.39, 0.29) is 58.0 Å². The largest absolute Gasteiger partial charge is 0.462 e. The van der Waals surface area contributed by atoms with Crippen molar-refractivity contribution in [1.82, 2.24) is 5.16 Å². The number of carbonyl (C=O) groups is 2. The highest BCUT2D eigenvalue weighted by Gasteiger charge is 2.39. The molecule has 1 aliphatic rings. The fourth-order valence-electron chi connectivity index (χ4n) is 5.76. The first kappa shape index (κ1) is 35.1. The summed E-state index contributed by atoms with van der Waals surface area (Å²) in [4.78, 5) is 25.6. The van der Waals surface area contributed by atoms with Crippen molar-refractivity contribution in [2.24, 2.45) is 17.3 Å². The number of sulfone groups is 1. The Labute approximate surface area is 275 Å². The van der Waals surface area contributed by atoms with Gasteiger partial charge in [0.2, 0.25) is 0 Å². The first-order chi connectivity index (χ1) is 22.4. The van der Waals surface area contributed by atoms with Crippen molar-refractivity contribution >= 4 is 21.8 Å². The molecule has 1 saturated carbocycles. The molecule has 2 aromatic carbocycles. The number of hydrogen-bond acceptors (Lipinski definition) is 10. The third kappa shape index (κ3) is 8.18. The van der Waals surface area contributed by atoms with Gasteiger partial charge in [0.15, 0.2) is 0 Å². The highest BCUT2D eigenvalue weighted by molar-refractivity contribution is 7.91. The number of rotatable bonds is 15. The van der Waals surface area contributed by atoms with E-state index in [1.165, 1.54) is 36.4 Å². The van der Waals surface area contributed by atoms with Gasteiger partial charge in [-0.25, -0.2) is 18.0 Å². The predicted octanol–water partition coefficient (Wildman–Crippen LogP) is 6.05. The topological polar surface area (TPSA) is 149 Å². The summed E-state index contributed by atoms with van der Waals surface area (Å²) in [5.74, 6) is -1.39. The van der Waals surface area contributed by atoms with Gasteiger partial charge >= 0.3 is 22.8 Å². The van der Waals surface area contributed by atoms with Crippen LogP contribution in [0.3, 0.4) is 0 Å². The molecule has 250 valence electrons. The zero-order chi connectivity index (χ0) is 34.2. The smallest absolute Gasteiger partial charge is 0.414 e. The Morgan fingerprint density at radius 1 is 1.04 bits per heavy atom. The highest BCUT2D eigenvalue weighted by Crippen LogP contribution is 2.48. The van der Waals surface area contributed by atoms with Crippen LogP contribution in [-0.2, 0) is 19.3 Å². The molecule has 1 aromatic heterocycles. The van der Waals surface area contributed by atoms with E-state index < -0.39 is 32.7 Å². The molecule has 1 aliphatic carbocycles. The Morgan fingerprint density at radius 3 is 2.30 bits per heavy atom. The number of allylic oxidation sites excluding steroid dienone is 2. The number of aromatic nitrogens is 2. The summed E-state index contributed by atoms with van der Waals surface area (Å²) < 4.78 is 46.6. The Hall–Kier alpha value is -4.71. The van der Waals surface area contributed by atoms with E-state index in [4.69, 9.17) is 14.2 Å². The first-order valence-corrected chi connectivity index (χ1v) is 16.8. The molecule has 0 amide bonds. The van der Waals surface area contributed by atoms with Crippen LogP contribution >= 0.6 is 0 Å². The molecule has 12 heteroatoms. The third-order valence-electron chi connectivity index (χ3n) is 8.61. The molecule has 0 N–H and O–H groups in total. The summed E-state index contributed by atoms with van der Waals surface area (Å²) in [5, 5.41) is 14.7. The van der Waals surface area contributed by atoms with Gasteiger partial charge in [0, 0.05) is 0 Å². The number of nitrogens with zero attached hydrogens (tertiary/aromatic N) is 2. The van der Waals surface area contributed by atoms with Gasteiger partial charge < -0.3 is 19.4 Å². The normalized spacial score (nSPS) is 19.4. The standard InChI is InChI=1S/C35H40N2O9S/c1-6-35(5)19-18-26(22-30(35)24(2)3)25(4)23-45-34(39)29-17-11-10-16-28(29)33(38)44-21-13-12-20-43-31-32(37(40)46-36-31)47(41,42)27-14-8-7-9-15-27/h6-11,14-17,26,30H,1-2,4,12-13,18-23H2,3,5H3/t26-,30+,35-/m1/s1. The molecule has 0 saturated heterocycles. The molecule has 0 unspecified atom stereocenters. The molecular weight excluding hydrogens is 624 g/mol. The van der Waals surface area contributed by atoms with Gasteiger partial charge in [0.1, 0.15) is 6.61 Å². The summed E-state index contributed by atoms with van der Waals surface area (Å²) >= 11 is 0. The molecule has 0 radical (unpaired) electrons. The molecule has 3 atom stereocenters. The number of benzene rings is 2. The van der Waals surface area contributed by atoms with Crippen LogP contribution in [0.5, 0.6) is 5.88 Å². The Kier molecular flexibility index (Phi) is 11.4. The average Bonchev–Trinajstić information content (AvgIpc) is 3.45. The van der Waals surface area contributed by atoms with E-state index >= 15 is 0 Å². The Balaban J connectivity index is 1.25. The second kappa shape index (κ2) is 15.3. The van der Waals surface area contributed by atoms with Gasteiger partial charge in [-0.3, -0.25) is 4.63 Å². The van der Waals surface area contributed by atoms with Crippen LogP contribution in [0.4, 0.5) is 0 Å². The van der Waals surface area contributed by atoms with Crippen molar-refractivity contribution in [1.29, 1.82) is 0 Å². The fourth-order valence-corrected chi connectivity index (χ4v) is 7.05. The van der Waals surface area contributed by atoms with E-state index in [0.717, 1.165) is 30.4 Å². The van der Waals surface area contributed by atoms with Gasteiger partial charge in [-0.2, -0.15) is 0 Å². The van der Waals surface area contributed by atoms with Crippen molar-refractivity contribution in [3.8, 4) is 5.88 Å². The van der Waals surface area contributed by atoms with E-state index in [2.05, 4.69) is 36.4 Å². The number of ether oxygens (including phenoxy) is 3. The zero-order valence-electron chi connectivity index (χ0n) is 26.7. The molecule has 0 bridgehead atoms. The quantitative estimate of drug-likeness (QED) is 0.0813. The van der Waals surface area contributed by atoms with Crippen molar-refractivity contribution < 1.29 is 41.7 Å². The average molecular weight is 665 g/mol. The number of esters is 2. The SMILES string of the molecule is C=C[C@]1(C)CC[C@@H](C(=C)COC(=O)c2ccccc2C(=O)OCCCCOc2no[n+]([O-])c2S(=O)(=O)c2ccccc2)C[C@H]1C(=C)C. The molecule has 0 spiro atoms. The maximum Gasteiger partial charge on any atom is 0.414 e. The van der Waals surface area contributed by atoms with E-state index in [1.807, 2.05) is 13.0 Å².